The third kappa shape index (κ3) is 22.6. The number of anilines is 1. The Morgan fingerprint density at radius 3 is 1.81 bits per heavy atom. The fourth-order valence-corrected chi connectivity index (χ4v) is 4.36. The lowest BCUT2D eigenvalue weighted by atomic mass is 9.88. The molecule has 6 heteroatoms. The average molecular weight is 600 g/mol. The summed E-state index contributed by atoms with van der Waals surface area (Å²) in [7, 11) is 1.92. The zero-order valence-electron chi connectivity index (χ0n) is 28.7. The van der Waals surface area contributed by atoms with E-state index in [2.05, 4.69) is 72.3 Å². The van der Waals surface area contributed by atoms with E-state index in [9.17, 15) is 13.2 Å². The third-order valence-corrected chi connectivity index (χ3v) is 7.02. The van der Waals surface area contributed by atoms with Gasteiger partial charge in [-0.2, -0.15) is 0 Å². The summed E-state index contributed by atoms with van der Waals surface area (Å²) < 4.78 is 46.1. The molecule has 0 amide bonds. The molecule has 0 aliphatic carbocycles. The van der Waals surface area contributed by atoms with Crippen LogP contribution in [-0.4, -0.2) is 26.6 Å². The van der Waals surface area contributed by atoms with Gasteiger partial charge in [-0.3, -0.25) is 0 Å². The van der Waals surface area contributed by atoms with E-state index < -0.39 is 6.36 Å². The summed E-state index contributed by atoms with van der Waals surface area (Å²) in [5.74, 6) is 1.29. The number of hydrogen-bond acceptors (Lipinski definition) is 3. The summed E-state index contributed by atoms with van der Waals surface area (Å²) in [4.78, 5) is 1.98. The van der Waals surface area contributed by atoms with E-state index in [0.29, 0.717) is 5.92 Å². The molecule has 0 aliphatic rings. The molecular formula is C36H64F3NO2. The van der Waals surface area contributed by atoms with Crippen molar-refractivity contribution in [2.24, 2.45) is 11.8 Å². The van der Waals surface area contributed by atoms with Crippen LogP contribution in [0.25, 0.3) is 0 Å². The van der Waals surface area contributed by atoms with E-state index in [1.807, 2.05) is 18.9 Å². The van der Waals surface area contributed by atoms with Crippen molar-refractivity contribution in [1.29, 1.82) is 0 Å². The summed E-state index contributed by atoms with van der Waals surface area (Å²) in [5, 5.41) is 0. The molecule has 1 rings (SSSR count). The number of ether oxygens (including phenoxy) is 2. The summed E-state index contributed by atoms with van der Waals surface area (Å²) >= 11 is 0. The number of unbranched alkanes of at least 4 members (excludes halogenated alkanes) is 1. The first-order chi connectivity index (χ1) is 19.9. The zero-order chi connectivity index (χ0) is 32.4. The maximum absolute atomic E-state index is 12.3. The quantitative estimate of drug-likeness (QED) is 0.124. The summed E-state index contributed by atoms with van der Waals surface area (Å²) in [6.45, 7) is 21.6. The molecule has 1 aromatic rings. The Balaban J connectivity index is 0. The fraction of sp³-hybridized carbons (Fsp3) is 0.722. The van der Waals surface area contributed by atoms with Crippen LogP contribution in [-0.2, 0) is 4.74 Å². The van der Waals surface area contributed by atoms with Crippen LogP contribution >= 0.6 is 0 Å². The largest absolute Gasteiger partial charge is 0.573 e. The third-order valence-electron chi connectivity index (χ3n) is 7.02. The van der Waals surface area contributed by atoms with Crippen molar-refractivity contribution in [2.75, 3.05) is 25.2 Å². The second kappa shape index (κ2) is 26.7. The van der Waals surface area contributed by atoms with Gasteiger partial charge >= 0.3 is 6.36 Å². The SMILES string of the molecule is CC/C=C(/C=C(/C)N(C)c1ccc(OC(F)(F)F)cc1)C(CCC)CCC.CCCC(C)CC.CCCCOCCC. The Labute approximate surface area is 257 Å². The highest BCUT2D eigenvalue weighted by Crippen LogP contribution is 2.29. The molecule has 0 bridgehead atoms. The van der Waals surface area contributed by atoms with Gasteiger partial charge in [-0.15, -0.1) is 13.2 Å². The van der Waals surface area contributed by atoms with Crippen molar-refractivity contribution in [3.05, 3.63) is 47.7 Å². The van der Waals surface area contributed by atoms with Crippen molar-refractivity contribution >= 4 is 5.69 Å². The smallest absolute Gasteiger partial charge is 0.406 e. The first-order valence-electron chi connectivity index (χ1n) is 16.5. The number of allylic oxidation sites excluding steroid dienone is 4. The maximum Gasteiger partial charge on any atom is 0.573 e. The molecule has 0 fully saturated rings. The maximum atomic E-state index is 12.3. The number of alkyl halides is 3. The van der Waals surface area contributed by atoms with Crippen LogP contribution in [0.5, 0.6) is 5.75 Å². The van der Waals surface area contributed by atoms with Crippen molar-refractivity contribution in [3.8, 4) is 5.75 Å². The first-order valence-corrected chi connectivity index (χ1v) is 16.5. The van der Waals surface area contributed by atoms with Crippen LogP contribution in [0.3, 0.4) is 0 Å². The highest BCUT2D eigenvalue weighted by atomic mass is 19.4. The van der Waals surface area contributed by atoms with Crippen LogP contribution in [0.4, 0.5) is 18.9 Å². The fourth-order valence-electron chi connectivity index (χ4n) is 4.36. The van der Waals surface area contributed by atoms with Crippen molar-refractivity contribution in [1.82, 2.24) is 0 Å². The lowest BCUT2D eigenvalue weighted by Crippen LogP contribution is -2.18. The summed E-state index contributed by atoms with van der Waals surface area (Å²) in [6.07, 6.45) is 13.1. The predicted octanol–water partition coefficient (Wildman–Crippen LogP) is 12.5. The Hall–Kier alpha value is -1.95. The molecule has 0 N–H and O–H groups in total. The number of benzene rings is 1. The van der Waals surface area contributed by atoms with Gasteiger partial charge in [0.2, 0.25) is 0 Å². The average Bonchev–Trinajstić information content (AvgIpc) is 2.95. The monoisotopic (exact) mass is 599 g/mol. The molecule has 0 radical (unpaired) electrons. The number of halogens is 3. The van der Waals surface area contributed by atoms with Crippen LogP contribution in [0.1, 0.15) is 133 Å². The molecule has 1 atom stereocenters. The normalized spacial score (nSPS) is 12.7. The molecule has 0 aromatic heterocycles. The predicted molar refractivity (Wildman–Crippen MR) is 177 cm³/mol. The molecule has 1 aromatic carbocycles. The summed E-state index contributed by atoms with van der Waals surface area (Å²) in [5.41, 5.74) is 3.22. The molecule has 0 aliphatic heterocycles. The van der Waals surface area contributed by atoms with Crippen LogP contribution < -0.4 is 9.64 Å². The minimum absolute atomic E-state index is 0.209. The highest BCUT2D eigenvalue weighted by Gasteiger charge is 2.31. The number of rotatable bonds is 18. The molecule has 3 nitrogen and oxygen atoms in total. The van der Waals surface area contributed by atoms with Gasteiger partial charge in [0, 0.05) is 31.6 Å². The molecule has 1 unspecified atom stereocenters. The second-order valence-electron chi connectivity index (χ2n) is 11.0. The van der Waals surface area contributed by atoms with Crippen molar-refractivity contribution in [2.45, 2.75) is 139 Å². The number of nitrogens with zero attached hydrogens (tertiary/aromatic N) is 1. The lowest BCUT2D eigenvalue weighted by molar-refractivity contribution is -0.274. The lowest BCUT2D eigenvalue weighted by Gasteiger charge is -2.23. The Morgan fingerprint density at radius 2 is 1.40 bits per heavy atom. The standard InChI is InChI=1S/C22H32F3NO.C7H16O.C7H16/c1-6-9-18(10-7-2)19(11-8-3)16-17(4)26(5)20-12-14-21(15-13-20)27-22(23,24)25;1-3-5-7-8-6-4-2;1-4-6-7(3)5-2/h11-16,18H,6-10H2,1-5H3;3-7H2,1-2H3;7H,4-6H2,1-3H3/b17-16-,19-11-;;. The minimum Gasteiger partial charge on any atom is -0.406 e. The van der Waals surface area contributed by atoms with E-state index in [1.165, 1.54) is 49.8 Å². The van der Waals surface area contributed by atoms with Crippen molar-refractivity contribution in [3.63, 3.8) is 0 Å². The van der Waals surface area contributed by atoms with Crippen LogP contribution in [0.2, 0.25) is 0 Å². The van der Waals surface area contributed by atoms with E-state index in [1.54, 1.807) is 12.1 Å². The van der Waals surface area contributed by atoms with Gasteiger partial charge in [0.25, 0.3) is 0 Å². The number of hydrogen-bond donors (Lipinski definition) is 0. The Kier molecular flexibility index (Phi) is 26.8. The van der Waals surface area contributed by atoms with Crippen molar-refractivity contribution < 1.29 is 22.6 Å². The topological polar surface area (TPSA) is 21.7 Å². The molecule has 0 saturated carbocycles. The minimum atomic E-state index is -4.67. The van der Waals surface area contributed by atoms with Crippen LogP contribution in [0, 0.1) is 11.8 Å². The molecule has 246 valence electrons. The van der Waals surface area contributed by atoms with Gasteiger partial charge in [0.1, 0.15) is 5.75 Å². The summed E-state index contributed by atoms with van der Waals surface area (Å²) in [6, 6.07) is 5.95. The van der Waals surface area contributed by atoms with Crippen LogP contribution in [0.15, 0.2) is 47.7 Å². The molecule has 0 heterocycles. The van der Waals surface area contributed by atoms with Gasteiger partial charge in [0.15, 0.2) is 0 Å². The van der Waals surface area contributed by atoms with E-state index in [0.717, 1.165) is 69.0 Å². The molecule has 0 saturated heterocycles. The first kappa shape index (κ1) is 42.2. The van der Waals surface area contributed by atoms with E-state index in [4.69, 9.17) is 4.74 Å². The Morgan fingerprint density at radius 1 is 0.833 bits per heavy atom. The highest BCUT2D eigenvalue weighted by molar-refractivity contribution is 5.53. The molecule has 42 heavy (non-hydrogen) atoms. The van der Waals surface area contributed by atoms with E-state index in [-0.39, 0.29) is 5.75 Å². The van der Waals surface area contributed by atoms with E-state index >= 15 is 0 Å². The van der Waals surface area contributed by atoms with Gasteiger partial charge in [-0.25, -0.2) is 0 Å². The second-order valence-corrected chi connectivity index (χ2v) is 11.0. The molecule has 0 spiro atoms. The Bertz CT molecular complexity index is 791. The van der Waals surface area contributed by atoms with Gasteiger partial charge in [0.05, 0.1) is 0 Å². The van der Waals surface area contributed by atoms with Gasteiger partial charge in [-0.05, 0) is 86.8 Å². The van der Waals surface area contributed by atoms with Gasteiger partial charge < -0.3 is 14.4 Å². The van der Waals surface area contributed by atoms with Gasteiger partial charge in [-0.1, -0.05) is 100.0 Å². The molecular weight excluding hydrogens is 535 g/mol. The zero-order valence-corrected chi connectivity index (χ0v) is 28.7.